The van der Waals surface area contributed by atoms with Gasteiger partial charge in [-0.1, -0.05) is 6.42 Å². The number of ether oxygens (including phenoxy) is 1. The number of rotatable bonds is 6. The van der Waals surface area contributed by atoms with E-state index in [1.54, 1.807) is 17.0 Å². The van der Waals surface area contributed by atoms with E-state index in [2.05, 4.69) is 0 Å². The van der Waals surface area contributed by atoms with Crippen molar-refractivity contribution in [3.63, 3.8) is 0 Å². The summed E-state index contributed by atoms with van der Waals surface area (Å²) < 4.78 is 18.2. The minimum Gasteiger partial charge on any atom is -0.494 e. The molecule has 2 N–H and O–H groups in total. The summed E-state index contributed by atoms with van der Waals surface area (Å²) in [5.74, 6) is 0.485. The Kier molecular flexibility index (Phi) is 5.56. The van der Waals surface area contributed by atoms with Crippen LogP contribution in [0.25, 0.3) is 0 Å². The van der Waals surface area contributed by atoms with Gasteiger partial charge in [0, 0.05) is 19.6 Å². The number of halogens is 1. The van der Waals surface area contributed by atoms with Crippen molar-refractivity contribution >= 4 is 5.91 Å². The summed E-state index contributed by atoms with van der Waals surface area (Å²) in [6.07, 6.45) is 3.62. The lowest BCUT2D eigenvalue weighted by Gasteiger charge is -2.23. The third-order valence-electron chi connectivity index (χ3n) is 3.98. The van der Waals surface area contributed by atoms with E-state index in [9.17, 15) is 9.18 Å². The van der Waals surface area contributed by atoms with E-state index in [4.69, 9.17) is 10.5 Å². The molecule has 0 radical (unpaired) electrons. The second-order valence-electron chi connectivity index (χ2n) is 5.62. The quantitative estimate of drug-likeness (QED) is 0.818. The van der Waals surface area contributed by atoms with Crippen LogP contribution in [0.2, 0.25) is 0 Å². The number of hydrogen-bond donors (Lipinski definition) is 1. The van der Waals surface area contributed by atoms with Crippen LogP contribution in [-0.4, -0.2) is 37.0 Å². The molecule has 0 spiro atoms. The molecule has 1 saturated carbocycles. The molecule has 1 aromatic rings. The van der Waals surface area contributed by atoms with Crippen LogP contribution in [-0.2, 0) is 4.79 Å². The first-order chi connectivity index (χ1) is 10.1. The van der Waals surface area contributed by atoms with Crippen LogP contribution >= 0.6 is 0 Å². The lowest BCUT2D eigenvalue weighted by molar-refractivity contribution is -0.134. The number of benzene rings is 1. The van der Waals surface area contributed by atoms with E-state index in [1.165, 1.54) is 12.1 Å². The monoisotopic (exact) mass is 294 g/mol. The van der Waals surface area contributed by atoms with E-state index in [0.29, 0.717) is 18.9 Å². The molecule has 1 aromatic carbocycles. The van der Waals surface area contributed by atoms with Crippen molar-refractivity contribution in [2.24, 2.45) is 11.7 Å². The van der Waals surface area contributed by atoms with Gasteiger partial charge in [0.1, 0.15) is 11.6 Å². The van der Waals surface area contributed by atoms with Gasteiger partial charge in [-0.05, 0) is 43.5 Å². The molecule has 1 amide bonds. The second kappa shape index (κ2) is 7.41. The molecule has 1 aliphatic carbocycles. The molecular weight excluding hydrogens is 271 g/mol. The molecule has 4 nitrogen and oxygen atoms in total. The Morgan fingerprint density at radius 3 is 2.71 bits per heavy atom. The van der Waals surface area contributed by atoms with Gasteiger partial charge in [-0.25, -0.2) is 4.39 Å². The predicted octanol–water partition coefficient (Wildman–Crippen LogP) is 2.18. The number of amides is 1. The van der Waals surface area contributed by atoms with E-state index >= 15 is 0 Å². The highest BCUT2D eigenvalue weighted by atomic mass is 19.1. The maximum atomic E-state index is 12.7. The minimum absolute atomic E-state index is 0.00964. The van der Waals surface area contributed by atoms with Crippen LogP contribution in [0.1, 0.15) is 25.7 Å². The molecule has 0 aromatic heterocycles. The number of nitrogens with zero attached hydrogens (tertiary/aromatic N) is 1. The molecule has 116 valence electrons. The van der Waals surface area contributed by atoms with Crippen LogP contribution in [0.4, 0.5) is 4.39 Å². The van der Waals surface area contributed by atoms with Gasteiger partial charge in [0.25, 0.3) is 0 Å². The summed E-state index contributed by atoms with van der Waals surface area (Å²) in [5, 5.41) is 0. The number of carbonyl (C=O) groups is 1. The standard InChI is InChI=1S/C16H23FN2O2/c1-19(16(20)14-4-2-5-15(14)18)10-3-11-21-13-8-6-12(17)7-9-13/h6-9,14-15H,2-5,10-11,18H2,1H3/t14-,15-/m1/s1. The summed E-state index contributed by atoms with van der Waals surface area (Å²) in [7, 11) is 1.81. The van der Waals surface area contributed by atoms with Gasteiger partial charge < -0.3 is 15.4 Å². The molecule has 0 heterocycles. The Bertz CT molecular complexity index is 464. The maximum absolute atomic E-state index is 12.7. The first-order valence-corrected chi connectivity index (χ1v) is 7.47. The summed E-state index contributed by atoms with van der Waals surface area (Å²) in [6, 6.07) is 5.94. The molecule has 0 aliphatic heterocycles. The third-order valence-corrected chi connectivity index (χ3v) is 3.98. The second-order valence-corrected chi connectivity index (χ2v) is 5.62. The highest BCUT2D eigenvalue weighted by molar-refractivity contribution is 5.79. The maximum Gasteiger partial charge on any atom is 0.226 e. The highest BCUT2D eigenvalue weighted by Gasteiger charge is 2.31. The van der Waals surface area contributed by atoms with E-state index in [0.717, 1.165) is 25.7 Å². The number of nitrogens with two attached hydrogens (primary N) is 1. The first kappa shape index (κ1) is 15.8. The van der Waals surface area contributed by atoms with Gasteiger partial charge in [0.05, 0.1) is 12.5 Å². The predicted molar refractivity (Wildman–Crippen MR) is 79.5 cm³/mol. The van der Waals surface area contributed by atoms with Crippen molar-refractivity contribution in [2.75, 3.05) is 20.2 Å². The van der Waals surface area contributed by atoms with Gasteiger partial charge in [-0.3, -0.25) is 4.79 Å². The lowest BCUT2D eigenvalue weighted by atomic mass is 10.0. The zero-order valence-electron chi connectivity index (χ0n) is 12.4. The molecule has 2 atom stereocenters. The van der Waals surface area contributed by atoms with Crippen LogP contribution in [0.15, 0.2) is 24.3 Å². The lowest BCUT2D eigenvalue weighted by Crippen LogP contribution is -2.40. The molecule has 5 heteroatoms. The van der Waals surface area contributed by atoms with Crippen molar-refractivity contribution in [1.82, 2.24) is 4.90 Å². The zero-order valence-corrected chi connectivity index (χ0v) is 12.4. The van der Waals surface area contributed by atoms with Crippen molar-refractivity contribution in [3.8, 4) is 5.75 Å². The molecule has 2 rings (SSSR count). The van der Waals surface area contributed by atoms with E-state index in [1.807, 2.05) is 7.05 Å². The number of carbonyl (C=O) groups excluding carboxylic acids is 1. The summed E-state index contributed by atoms with van der Waals surface area (Å²) in [5.41, 5.74) is 5.96. The topological polar surface area (TPSA) is 55.6 Å². The Balaban J connectivity index is 1.68. The minimum atomic E-state index is -0.277. The van der Waals surface area contributed by atoms with Crippen molar-refractivity contribution < 1.29 is 13.9 Å². The largest absolute Gasteiger partial charge is 0.494 e. The van der Waals surface area contributed by atoms with Crippen LogP contribution in [0, 0.1) is 11.7 Å². The smallest absolute Gasteiger partial charge is 0.226 e. The van der Waals surface area contributed by atoms with Gasteiger partial charge in [0.15, 0.2) is 0 Å². The van der Waals surface area contributed by atoms with Crippen LogP contribution in [0.3, 0.4) is 0 Å². The summed E-state index contributed by atoms with van der Waals surface area (Å²) >= 11 is 0. The summed E-state index contributed by atoms with van der Waals surface area (Å²) in [6.45, 7) is 1.14. The molecule has 0 bridgehead atoms. The van der Waals surface area contributed by atoms with Gasteiger partial charge in [0.2, 0.25) is 5.91 Å². The Labute approximate surface area is 125 Å². The van der Waals surface area contributed by atoms with Crippen molar-refractivity contribution in [1.29, 1.82) is 0 Å². The fourth-order valence-electron chi connectivity index (χ4n) is 2.71. The fourth-order valence-corrected chi connectivity index (χ4v) is 2.71. The number of hydrogen-bond acceptors (Lipinski definition) is 3. The molecular formula is C16H23FN2O2. The van der Waals surface area contributed by atoms with E-state index in [-0.39, 0.29) is 23.7 Å². The van der Waals surface area contributed by atoms with Crippen LogP contribution in [0.5, 0.6) is 5.75 Å². The van der Waals surface area contributed by atoms with Crippen LogP contribution < -0.4 is 10.5 Å². The van der Waals surface area contributed by atoms with Gasteiger partial charge >= 0.3 is 0 Å². The Hall–Kier alpha value is -1.62. The fraction of sp³-hybridized carbons (Fsp3) is 0.562. The molecule has 1 fully saturated rings. The SMILES string of the molecule is CN(CCCOc1ccc(F)cc1)C(=O)[C@@H]1CCC[C@H]1N. The normalized spacial score (nSPS) is 21.3. The molecule has 1 aliphatic rings. The highest BCUT2D eigenvalue weighted by Crippen LogP contribution is 2.25. The Morgan fingerprint density at radius 1 is 1.38 bits per heavy atom. The Morgan fingerprint density at radius 2 is 2.10 bits per heavy atom. The average molecular weight is 294 g/mol. The van der Waals surface area contributed by atoms with Crippen molar-refractivity contribution in [3.05, 3.63) is 30.1 Å². The van der Waals surface area contributed by atoms with Gasteiger partial charge in [-0.15, -0.1) is 0 Å². The molecule has 0 saturated heterocycles. The van der Waals surface area contributed by atoms with E-state index < -0.39 is 0 Å². The van der Waals surface area contributed by atoms with Gasteiger partial charge in [-0.2, -0.15) is 0 Å². The third kappa shape index (κ3) is 4.43. The average Bonchev–Trinajstić information content (AvgIpc) is 2.90. The molecule has 0 unspecified atom stereocenters. The first-order valence-electron chi connectivity index (χ1n) is 7.47. The zero-order chi connectivity index (χ0) is 15.2. The summed E-state index contributed by atoms with van der Waals surface area (Å²) in [4.78, 5) is 14.0. The molecule has 21 heavy (non-hydrogen) atoms. The van der Waals surface area contributed by atoms with Crippen molar-refractivity contribution in [2.45, 2.75) is 31.7 Å².